The van der Waals surface area contributed by atoms with Gasteiger partial charge >= 0.3 is 17.9 Å². The molecule has 0 aromatic heterocycles. The van der Waals surface area contributed by atoms with Gasteiger partial charge in [-0.3, -0.25) is 14.4 Å². The molecule has 6 nitrogen and oxygen atoms in total. The molecule has 0 fully saturated rings. The van der Waals surface area contributed by atoms with Crippen molar-refractivity contribution in [3.8, 4) is 0 Å². The lowest BCUT2D eigenvalue weighted by Crippen LogP contribution is -2.30. The first-order chi connectivity index (χ1) is 33.0. The molecule has 0 aliphatic rings. The van der Waals surface area contributed by atoms with Crippen LogP contribution in [0.1, 0.15) is 342 Å². The molecule has 6 heteroatoms. The zero-order valence-electron chi connectivity index (χ0n) is 45.5. The third-order valence-electron chi connectivity index (χ3n) is 13.8. The lowest BCUT2D eigenvalue weighted by molar-refractivity contribution is -0.167. The molecule has 1 atom stereocenters. The lowest BCUT2D eigenvalue weighted by atomic mass is 10.0. The quantitative estimate of drug-likeness (QED) is 0.0262. The highest BCUT2D eigenvalue weighted by Gasteiger charge is 2.19. The Balaban J connectivity index is 4.30. The van der Waals surface area contributed by atoms with Gasteiger partial charge in [0.2, 0.25) is 0 Å². The van der Waals surface area contributed by atoms with E-state index in [4.69, 9.17) is 14.2 Å². The topological polar surface area (TPSA) is 78.9 Å². The fourth-order valence-corrected chi connectivity index (χ4v) is 9.21. The zero-order valence-corrected chi connectivity index (χ0v) is 45.5. The molecule has 0 aliphatic heterocycles. The summed E-state index contributed by atoms with van der Waals surface area (Å²) in [5.74, 6) is -0.842. The minimum Gasteiger partial charge on any atom is -0.462 e. The predicted octanol–water partition coefficient (Wildman–Crippen LogP) is 20.1. The summed E-state index contributed by atoms with van der Waals surface area (Å²) in [6.45, 7) is 6.69. The number of ether oxygens (including phenoxy) is 3. The summed E-state index contributed by atoms with van der Waals surface area (Å²) in [6, 6.07) is 0. The SMILES string of the molecule is CCCCCC/C=C\CCCCCCCCCC(=O)OC[C@H](COC(=O)CCCCCCCCCCCCCCCCC)OC(=O)CCCCCCCCCCCCCCCCCCCCC. The Morgan fingerprint density at radius 1 is 0.284 bits per heavy atom. The summed E-state index contributed by atoms with van der Waals surface area (Å²) >= 11 is 0. The molecule has 0 unspecified atom stereocenters. The number of allylic oxidation sites excluding steroid dienone is 2. The fourth-order valence-electron chi connectivity index (χ4n) is 9.21. The molecule has 0 saturated heterocycles. The maximum absolute atomic E-state index is 12.9. The summed E-state index contributed by atoms with van der Waals surface area (Å²) in [7, 11) is 0. The highest BCUT2D eigenvalue weighted by atomic mass is 16.6. The number of rotatable bonds is 56. The molecule has 67 heavy (non-hydrogen) atoms. The number of hydrogen-bond donors (Lipinski definition) is 0. The Labute approximate surface area is 418 Å². The highest BCUT2D eigenvalue weighted by Crippen LogP contribution is 2.18. The maximum atomic E-state index is 12.9. The summed E-state index contributed by atoms with van der Waals surface area (Å²) in [6.07, 6.45) is 64.9. The Kier molecular flexibility index (Phi) is 55.2. The third-order valence-corrected chi connectivity index (χ3v) is 13.8. The van der Waals surface area contributed by atoms with Crippen molar-refractivity contribution in [1.82, 2.24) is 0 Å². The van der Waals surface area contributed by atoms with E-state index < -0.39 is 6.10 Å². The predicted molar refractivity (Wildman–Crippen MR) is 289 cm³/mol. The van der Waals surface area contributed by atoms with Gasteiger partial charge in [-0.25, -0.2) is 0 Å². The van der Waals surface area contributed by atoms with Gasteiger partial charge in [0.1, 0.15) is 13.2 Å². The fraction of sp³-hybridized carbons (Fsp3) is 0.918. The van der Waals surface area contributed by atoms with E-state index in [1.807, 2.05) is 0 Å². The van der Waals surface area contributed by atoms with E-state index in [0.29, 0.717) is 19.3 Å². The van der Waals surface area contributed by atoms with Gasteiger partial charge in [-0.05, 0) is 44.9 Å². The van der Waals surface area contributed by atoms with Gasteiger partial charge in [0.15, 0.2) is 6.10 Å². The van der Waals surface area contributed by atoms with Crippen LogP contribution >= 0.6 is 0 Å². The molecule has 0 heterocycles. The van der Waals surface area contributed by atoms with Crippen LogP contribution in [-0.2, 0) is 28.6 Å². The van der Waals surface area contributed by atoms with E-state index in [1.165, 1.54) is 244 Å². The van der Waals surface area contributed by atoms with Crippen LogP contribution in [0.3, 0.4) is 0 Å². The first-order valence-electron chi connectivity index (χ1n) is 30.2. The van der Waals surface area contributed by atoms with Crippen molar-refractivity contribution in [2.75, 3.05) is 13.2 Å². The van der Waals surface area contributed by atoms with Crippen molar-refractivity contribution in [2.24, 2.45) is 0 Å². The molecule has 0 radical (unpaired) electrons. The second-order valence-corrected chi connectivity index (χ2v) is 20.6. The van der Waals surface area contributed by atoms with Crippen molar-refractivity contribution in [1.29, 1.82) is 0 Å². The molecule has 0 aromatic carbocycles. The largest absolute Gasteiger partial charge is 0.462 e. The molecule has 0 aliphatic carbocycles. The number of hydrogen-bond acceptors (Lipinski definition) is 6. The molecular formula is C61H116O6. The van der Waals surface area contributed by atoms with Crippen LogP contribution in [0.25, 0.3) is 0 Å². The van der Waals surface area contributed by atoms with Gasteiger partial charge in [-0.2, -0.15) is 0 Å². The second kappa shape index (κ2) is 56.7. The standard InChI is InChI=1S/C61H116O6/c1-4-7-10-13-16-19-22-25-28-29-30-31-34-37-40-43-46-49-52-55-61(64)67-58(56-65-59(62)53-50-47-44-41-38-35-32-26-23-20-17-14-11-8-5-2)57-66-60(63)54-51-48-45-42-39-36-33-27-24-21-18-15-12-9-6-3/h20,23,58H,4-19,21-22,24-57H2,1-3H3/b23-20-/t58-/m1/s1. The van der Waals surface area contributed by atoms with Crippen LogP contribution < -0.4 is 0 Å². The van der Waals surface area contributed by atoms with Crippen molar-refractivity contribution >= 4 is 17.9 Å². The van der Waals surface area contributed by atoms with E-state index in [0.717, 1.165) is 57.8 Å². The molecule has 396 valence electrons. The minimum absolute atomic E-state index is 0.0649. The Bertz CT molecular complexity index is 1040. The Morgan fingerprint density at radius 3 is 0.761 bits per heavy atom. The first kappa shape index (κ1) is 65.1. The average Bonchev–Trinajstić information content (AvgIpc) is 3.33. The van der Waals surface area contributed by atoms with E-state index in [2.05, 4.69) is 32.9 Å². The monoisotopic (exact) mass is 945 g/mol. The van der Waals surface area contributed by atoms with Gasteiger partial charge in [0.05, 0.1) is 0 Å². The van der Waals surface area contributed by atoms with Gasteiger partial charge in [-0.1, -0.05) is 290 Å². The van der Waals surface area contributed by atoms with Crippen molar-refractivity contribution in [2.45, 2.75) is 348 Å². The van der Waals surface area contributed by atoms with E-state index in [-0.39, 0.29) is 31.1 Å². The third kappa shape index (κ3) is 55.0. The summed E-state index contributed by atoms with van der Waals surface area (Å²) in [4.78, 5) is 38.2. The average molecular weight is 946 g/mol. The van der Waals surface area contributed by atoms with Gasteiger partial charge in [0.25, 0.3) is 0 Å². The second-order valence-electron chi connectivity index (χ2n) is 20.6. The first-order valence-corrected chi connectivity index (χ1v) is 30.2. The van der Waals surface area contributed by atoms with Crippen LogP contribution in [0.5, 0.6) is 0 Å². The number of unbranched alkanes of at least 4 members (excludes halogenated alkanes) is 43. The summed E-state index contributed by atoms with van der Waals surface area (Å²) < 4.78 is 16.9. The molecule has 0 aromatic rings. The van der Waals surface area contributed by atoms with Crippen LogP contribution in [-0.4, -0.2) is 37.2 Å². The molecule has 0 rings (SSSR count). The molecule has 0 N–H and O–H groups in total. The summed E-state index contributed by atoms with van der Waals surface area (Å²) in [5.41, 5.74) is 0. The molecular weight excluding hydrogens is 829 g/mol. The smallest absolute Gasteiger partial charge is 0.306 e. The van der Waals surface area contributed by atoms with Crippen molar-refractivity contribution in [3.05, 3.63) is 12.2 Å². The number of carbonyl (C=O) groups is 3. The Morgan fingerprint density at radius 2 is 0.493 bits per heavy atom. The Hall–Kier alpha value is -1.85. The van der Waals surface area contributed by atoms with Gasteiger partial charge < -0.3 is 14.2 Å². The maximum Gasteiger partial charge on any atom is 0.306 e. The number of esters is 3. The molecule has 0 bridgehead atoms. The van der Waals surface area contributed by atoms with Crippen LogP contribution in [0.15, 0.2) is 12.2 Å². The molecule has 0 saturated carbocycles. The normalized spacial score (nSPS) is 12.0. The van der Waals surface area contributed by atoms with E-state index in [1.54, 1.807) is 0 Å². The minimum atomic E-state index is -0.766. The molecule has 0 amide bonds. The zero-order chi connectivity index (χ0) is 48.6. The van der Waals surface area contributed by atoms with Crippen LogP contribution in [0.2, 0.25) is 0 Å². The lowest BCUT2D eigenvalue weighted by Gasteiger charge is -2.18. The van der Waals surface area contributed by atoms with Crippen molar-refractivity contribution in [3.63, 3.8) is 0 Å². The van der Waals surface area contributed by atoms with Gasteiger partial charge in [0, 0.05) is 19.3 Å². The number of carbonyl (C=O) groups excluding carboxylic acids is 3. The van der Waals surface area contributed by atoms with E-state index >= 15 is 0 Å². The van der Waals surface area contributed by atoms with Crippen molar-refractivity contribution < 1.29 is 28.6 Å². The van der Waals surface area contributed by atoms with Crippen LogP contribution in [0, 0.1) is 0 Å². The van der Waals surface area contributed by atoms with E-state index in [9.17, 15) is 14.4 Å². The van der Waals surface area contributed by atoms with Gasteiger partial charge in [-0.15, -0.1) is 0 Å². The van der Waals surface area contributed by atoms with Crippen LogP contribution in [0.4, 0.5) is 0 Å². The molecule has 0 spiro atoms. The highest BCUT2D eigenvalue weighted by molar-refractivity contribution is 5.71. The summed E-state index contributed by atoms with van der Waals surface area (Å²) in [5, 5.41) is 0.